The minimum absolute atomic E-state index is 0.0763. The molecule has 7 heteroatoms. The lowest BCUT2D eigenvalue weighted by atomic mass is 10.2. The molecule has 0 aromatic heterocycles. The number of nitrogens with one attached hydrogen (secondary N) is 1. The number of carbonyl (C=O) groups excluding carboxylic acids is 1. The van der Waals surface area contributed by atoms with Gasteiger partial charge < -0.3 is 10.1 Å². The molecule has 0 aliphatic rings. The summed E-state index contributed by atoms with van der Waals surface area (Å²) in [6.07, 6.45) is 0. The quantitative estimate of drug-likeness (QED) is 0.646. The molecule has 0 amide bonds. The van der Waals surface area contributed by atoms with Crippen LogP contribution in [-0.2, 0) is 16.1 Å². The number of alkyl halides is 3. The van der Waals surface area contributed by atoms with E-state index >= 15 is 0 Å². The largest absolute Gasteiger partial charge is 0.465 e. The van der Waals surface area contributed by atoms with E-state index in [1.807, 2.05) is 0 Å². The van der Waals surface area contributed by atoms with Gasteiger partial charge >= 0.3 is 11.5 Å². The van der Waals surface area contributed by atoms with Gasteiger partial charge in [-0.2, -0.15) is 13.2 Å². The van der Waals surface area contributed by atoms with Crippen molar-refractivity contribution in [3.05, 3.63) is 29.8 Å². The summed E-state index contributed by atoms with van der Waals surface area (Å²) in [5.74, 6) is -0.355. The monoisotopic (exact) mass is 293 g/mol. The van der Waals surface area contributed by atoms with Crippen LogP contribution in [0.2, 0.25) is 0 Å². The van der Waals surface area contributed by atoms with Gasteiger partial charge in [0.25, 0.3) is 0 Å². The number of hydrogen-bond donors (Lipinski definition) is 1. The zero-order chi connectivity index (χ0) is 14.3. The molecule has 1 aromatic rings. The molecule has 0 bridgehead atoms. The van der Waals surface area contributed by atoms with Crippen LogP contribution in [0.4, 0.5) is 13.2 Å². The van der Waals surface area contributed by atoms with Gasteiger partial charge in [-0.05, 0) is 36.4 Å². The Balaban J connectivity index is 2.38. The Bertz CT molecular complexity index is 406. The van der Waals surface area contributed by atoms with Gasteiger partial charge in [0, 0.05) is 11.4 Å². The molecular formula is C12H14F3NO2S. The Morgan fingerprint density at radius 3 is 2.47 bits per heavy atom. The summed E-state index contributed by atoms with van der Waals surface area (Å²) in [5, 5.41) is 2.85. The summed E-state index contributed by atoms with van der Waals surface area (Å²) in [5.41, 5.74) is -3.47. The van der Waals surface area contributed by atoms with Crippen molar-refractivity contribution >= 4 is 17.7 Å². The number of halogens is 3. The van der Waals surface area contributed by atoms with Crippen molar-refractivity contribution in [3.8, 4) is 0 Å². The van der Waals surface area contributed by atoms with Crippen molar-refractivity contribution in [1.29, 1.82) is 0 Å². The summed E-state index contributed by atoms with van der Waals surface area (Å²) in [7, 11) is 0. The summed E-state index contributed by atoms with van der Waals surface area (Å²) < 4.78 is 41.0. The van der Waals surface area contributed by atoms with Crippen molar-refractivity contribution in [2.45, 2.75) is 23.9 Å². The molecule has 1 aromatic carbocycles. The molecule has 0 spiro atoms. The van der Waals surface area contributed by atoms with Crippen molar-refractivity contribution in [1.82, 2.24) is 5.32 Å². The van der Waals surface area contributed by atoms with E-state index < -0.39 is 5.51 Å². The first-order chi connectivity index (χ1) is 8.90. The van der Waals surface area contributed by atoms with Gasteiger partial charge in [-0.15, -0.1) is 0 Å². The summed E-state index contributed by atoms with van der Waals surface area (Å²) >= 11 is -0.150. The molecule has 0 radical (unpaired) electrons. The third kappa shape index (κ3) is 7.07. The number of benzene rings is 1. The predicted molar refractivity (Wildman–Crippen MR) is 66.7 cm³/mol. The van der Waals surface area contributed by atoms with Crippen LogP contribution in [0.3, 0.4) is 0 Å². The molecule has 0 aliphatic heterocycles. The van der Waals surface area contributed by atoms with Crippen molar-refractivity contribution < 1.29 is 22.7 Å². The lowest BCUT2D eigenvalue weighted by molar-refractivity contribution is -0.142. The van der Waals surface area contributed by atoms with Gasteiger partial charge in [-0.25, -0.2) is 0 Å². The van der Waals surface area contributed by atoms with Crippen molar-refractivity contribution in [2.75, 3.05) is 13.2 Å². The first kappa shape index (κ1) is 15.8. The zero-order valence-corrected chi connectivity index (χ0v) is 11.1. The molecule has 1 rings (SSSR count). The molecule has 1 N–H and O–H groups in total. The van der Waals surface area contributed by atoms with Crippen molar-refractivity contribution in [3.63, 3.8) is 0 Å². The molecule has 0 heterocycles. The highest BCUT2D eigenvalue weighted by Gasteiger charge is 2.28. The Labute approximate surface area is 113 Å². The molecule has 0 atom stereocenters. The fourth-order valence-electron chi connectivity index (χ4n) is 1.33. The Kier molecular flexibility index (Phi) is 6.17. The van der Waals surface area contributed by atoms with E-state index in [9.17, 15) is 18.0 Å². The van der Waals surface area contributed by atoms with E-state index in [4.69, 9.17) is 4.74 Å². The second-order valence-electron chi connectivity index (χ2n) is 3.60. The van der Waals surface area contributed by atoms with Crippen LogP contribution in [0.15, 0.2) is 29.2 Å². The molecule has 3 nitrogen and oxygen atoms in total. The van der Waals surface area contributed by atoms with Gasteiger partial charge in [-0.1, -0.05) is 12.1 Å². The predicted octanol–water partition coefficient (Wildman–Crippen LogP) is 2.95. The maximum absolute atomic E-state index is 12.1. The van der Waals surface area contributed by atoms with Crippen LogP contribution in [0, 0.1) is 0 Å². The fraction of sp³-hybridized carbons (Fsp3) is 0.417. The average molecular weight is 293 g/mol. The summed E-state index contributed by atoms with van der Waals surface area (Å²) in [6, 6.07) is 5.98. The van der Waals surface area contributed by atoms with Crippen LogP contribution in [0.1, 0.15) is 12.5 Å². The average Bonchev–Trinajstić information content (AvgIpc) is 2.30. The standard InChI is InChI=1S/C12H14F3NO2S/c1-2-18-11(17)8-16-7-9-3-5-10(6-4-9)19-12(13,14)15/h3-6,16H,2,7-8H2,1H3. The Morgan fingerprint density at radius 1 is 1.32 bits per heavy atom. The zero-order valence-electron chi connectivity index (χ0n) is 10.3. The molecule has 0 saturated carbocycles. The normalized spacial score (nSPS) is 11.4. The number of hydrogen-bond acceptors (Lipinski definition) is 4. The topological polar surface area (TPSA) is 38.3 Å². The van der Waals surface area contributed by atoms with Crippen LogP contribution in [0.25, 0.3) is 0 Å². The van der Waals surface area contributed by atoms with E-state index in [1.165, 1.54) is 12.1 Å². The van der Waals surface area contributed by atoms with Crippen LogP contribution in [-0.4, -0.2) is 24.6 Å². The second-order valence-corrected chi connectivity index (χ2v) is 4.74. The smallest absolute Gasteiger partial charge is 0.446 e. The van der Waals surface area contributed by atoms with Crippen LogP contribution < -0.4 is 5.32 Å². The first-order valence-electron chi connectivity index (χ1n) is 5.61. The van der Waals surface area contributed by atoms with Gasteiger partial charge in [0.15, 0.2) is 0 Å². The SMILES string of the molecule is CCOC(=O)CNCc1ccc(SC(F)(F)F)cc1. The molecule has 0 saturated heterocycles. The second kappa shape index (κ2) is 7.40. The van der Waals surface area contributed by atoms with Gasteiger partial charge in [0.2, 0.25) is 0 Å². The molecular weight excluding hydrogens is 279 g/mol. The third-order valence-corrected chi connectivity index (χ3v) is 2.80. The van der Waals surface area contributed by atoms with E-state index in [1.54, 1.807) is 19.1 Å². The van der Waals surface area contributed by atoms with Gasteiger partial charge in [0.05, 0.1) is 13.2 Å². The molecule has 19 heavy (non-hydrogen) atoms. The minimum atomic E-state index is -4.27. The van der Waals surface area contributed by atoms with E-state index in [-0.39, 0.29) is 29.2 Å². The number of thioether (sulfide) groups is 1. The number of esters is 1. The fourth-order valence-corrected chi connectivity index (χ4v) is 1.87. The van der Waals surface area contributed by atoms with E-state index in [0.29, 0.717) is 13.2 Å². The van der Waals surface area contributed by atoms with Gasteiger partial charge in [-0.3, -0.25) is 4.79 Å². The van der Waals surface area contributed by atoms with E-state index in [0.717, 1.165) is 5.56 Å². The maximum atomic E-state index is 12.1. The Hall–Kier alpha value is -1.21. The van der Waals surface area contributed by atoms with Crippen molar-refractivity contribution in [2.24, 2.45) is 0 Å². The summed E-state index contributed by atoms with van der Waals surface area (Å²) in [6.45, 7) is 2.52. The van der Waals surface area contributed by atoms with Crippen LogP contribution in [0.5, 0.6) is 0 Å². The third-order valence-electron chi connectivity index (χ3n) is 2.06. The van der Waals surface area contributed by atoms with Gasteiger partial charge in [0.1, 0.15) is 0 Å². The molecule has 0 aliphatic carbocycles. The molecule has 0 unspecified atom stereocenters. The number of ether oxygens (including phenoxy) is 1. The lowest BCUT2D eigenvalue weighted by Gasteiger charge is -2.07. The minimum Gasteiger partial charge on any atom is -0.465 e. The maximum Gasteiger partial charge on any atom is 0.446 e. The first-order valence-corrected chi connectivity index (χ1v) is 6.43. The highest BCUT2D eigenvalue weighted by molar-refractivity contribution is 8.00. The summed E-state index contributed by atoms with van der Waals surface area (Å²) in [4.78, 5) is 11.2. The highest BCUT2D eigenvalue weighted by Crippen LogP contribution is 2.36. The molecule has 0 fully saturated rings. The lowest BCUT2D eigenvalue weighted by Crippen LogP contribution is -2.24. The number of rotatable bonds is 6. The highest BCUT2D eigenvalue weighted by atomic mass is 32.2. The van der Waals surface area contributed by atoms with E-state index in [2.05, 4.69) is 5.32 Å². The Morgan fingerprint density at radius 2 is 1.95 bits per heavy atom. The molecule has 106 valence electrons. The van der Waals surface area contributed by atoms with Crippen LogP contribution >= 0.6 is 11.8 Å². The number of carbonyl (C=O) groups is 1.